The number of hydrogen-bond donors (Lipinski definition) is 0. The molecule has 0 N–H and O–H groups in total. The van der Waals surface area contributed by atoms with Gasteiger partial charge in [0.2, 0.25) is 0 Å². The minimum absolute atomic E-state index is 0.146. The molecular formula is C22H22N2O4S. The van der Waals surface area contributed by atoms with Crippen LogP contribution in [0.5, 0.6) is 5.75 Å². The Morgan fingerprint density at radius 1 is 1.07 bits per heavy atom. The average Bonchev–Trinajstić information content (AvgIpc) is 2.98. The number of carbonyl (C=O) groups excluding carboxylic acids is 2. The van der Waals surface area contributed by atoms with E-state index in [9.17, 15) is 9.59 Å². The number of thiocarbonyl (C=S) groups is 1. The van der Waals surface area contributed by atoms with E-state index in [2.05, 4.69) is 6.92 Å². The van der Waals surface area contributed by atoms with E-state index in [0.29, 0.717) is 17.1 Å². The van der Waals surface area contributed by atoms with E-state index >= 15 is 0 Å². The van der Waals surface area contributed by atoms with Crippen LogP contribution in [0.1, 0.15) is 18.1 Å². The zero-order valence-corrected chi connectivity index (χ0v) is 17.4. The largest absolute Gasteiger partial charge is 0.497 e. The van der Waals surface area contributed by atoms with Crippen LogP contribution < -0.4 is 9.64 Å². The monoisotopic (exact) mass is 410 g/mol. The Bertz CT molecular complexity index is 952. The molecular weight excluding hydrogens is 388 g/mol. The Morgan fingerprint density at radius 3 is 2.28 bits per heavy atom. The molecule has 3 rings (SSSR count). The molecule has 0 aromatic heterocycles. The third-order valence-corrected chi connectivity index (χ3v) is 5.08. The fourth-order valence-corrected chi connectivity index (χ4v) is 3.34. The third-order valence-electron chi connectivity index (χ3n) is 4.67. The minimum Gasteiger partial charge on any atom is -0.497 e. The molecule has 6 nitrogen and oxygen atoms in total. The lowest BCUT2D eigenvalue weighted by atomic mass is 10.1. The van der Waals surface area contributed by atoms with Crippen molar-refractivity contribution in [3.63, 3.8) is 0 Å². The van der Waals surface area contributed by atoms with E-state index in [0.717, 1.165) is 12.0 Å². The number of ether oxygens (including phenoxy) is 2. The van der Waals surface area contributed by atoms with Gasteiger partial charge in [-0.1, -0.05) is 31.2 Å². The number of rotatable bonds is 6. The maximum Gasteiger partial charge on any atom is 0.325 e. The molecule has 0 bridgehead atoms. The summed E-state index contributed by atoms with van der Waals surface area (Å²) in [5, 5.41) is 0.224. The predicted molar refractivity (Wildman–Crippen MR) is 116 cm³/mol. The van der Waals surface area contributed by atoms with Gasteiger partial charge in [-0.05, 0) is 60.1 Å². The molecule has 2 aromatic carbocycles. The highest BCUT2D eigenvalue weighted by Gasteiger charge is 2.40. The summed E-state index contributed by atoms with van der Waals surface area (Å²) in [4.78, 5) is 28.1. The van der Waals surface area contributed by atoms with Gasteiger partial charge in [-0.25, -0.2) is 0 Å². The summed E-state index contributed by atoms with van der Waals surface area (Å²) >= 11 is 5.53. The van der Waals surface area contributed by atoms with Crippen molar-refractivity contribution in [2.24, 2.45) is 0 Å². The topological polar surface area (TPSA) is 59.1 Å². The summed E-state index contributed by atoms with van der Waals surface area (Å²) in [6, 6.07) is 14.9. The lowest BCUT2D eigenvalue weighted by molar-refractivity contribution is -0.140. The lowest BCUT2D eigenvalue weighted by Gasteiger charge is -2.19. The van der Waals surface area contributed by atoms with E-state index < -0.39 is 5.97 Å². The Morgan fingerprint density at radius 2 is 1.72 bits per heavy atom. The highest BCUT2D eigenvalue weighted by molar-refractivity contribution is 7.80. The number of carbonyl (C=O) groups is 2. The van der Waals surface area contributed by atoms with Crippen LogP contribution in [0.15, 0.2) is 54.2 Å². The molecule has 1 fully saturated rings. The van der Waals surface area contributed by atoms with Gasteiger partial charge in [0, 0.05) is 0 Å². The average molecular weight is 410 g/mol. The number of anilines is 1. The highest BCUT2D eigenvalue weighted by atomic mass is 32.1. The molecule has 0 saturated carbocycles. The van der Waals surface area contributed by atoms with Crippen LogP contribution in [0.4, 0.5) is 5.69 Å². The Balaban J connectivity index is 2.00. The van der Waals surface area contributed by atoms with Gasteiger partial charge in [-0.15, -0.1) is 0 Å². The molecule has 1 amide bonds. The van der Waals surface area contributed by atoms with Crippen LogP contribution in [0.2, 0.25) is 0 Å². The van der Waals surface area contributed by atoms with Gasteiger partial charge in [-0.3, -0.25) is 14.5 Å². The van der Waals surface area contributed by atoms with Crippen molar-refractivity contribution in [2.75, 3.05) is 25.7 Å². The lowest BCUT2D eigenvalue weighted by Crippen LogP contribution is -2.35. The number of nitrogens with zero attached hydrogens (tertiary/aromatic N) is 2. The van der Waals surface area contributed by atoms with Gasteiger partial charge in [0.15, 0.2) is 5.11 Å². The van der Waals surface area contributed by atoms with Gasteiger partial charge in [-0.2, -0.15) is 0 Å². The predicted octanol–water partition coefficient (Wildman–Crippen LogP) is 3.41. The Kier molecular flexibility index (Phi) is 6.29. The number of esters is 1. The normalized spacial score (nSPS) is 15.2. The van der Waals surface area contributed by atoms with Crippen LogP contribution in [0, 0.1) is 0 Å². The molecule has 0 radical (unpaired) electrons. The van der Waals surface area contributed by atoms with E-state index in [-0.39, 0.29) is 17.6 Å². The van der Waals surface area contributed by atoms with E-state index in [4.69, 9.17) is 21.7 Å². The van der Waals surface area contributed by atoms with E-state index in [1.54, 1.807) is 37.5 Å². The van der Waals surface area contributed by atoms with Gasteiger partial charge in [0.05, 0.1) is 19.9 Å². The summed E-state index contributed by atoms with van der Waals surface area (Å²) in [6.07, 6.45) is 2.67. The summed E-state index contributed by atoms with van der Waals surface area (Å²) in [5.74, 6) is -0.114. The van der Waals surface area contributed by atoms with Gasteiger partial charge in [0.25, 0.3) is 5.91 Å². The van der Waals surface area contributed by atoms with Crippen molar-refractivity contribution in [1.29, 1.82) is 0 Å². The molecule has 1 heterocycles. The summed E-state index contributed by atoms with van der Waals surface area (Å²) in [5.41, 5.74) is 2.97. The second-order valence-corrected chi connectivity index (χ2v) is 6.77. The molecule has 1 saturated heterocycles. The summed E-state index contributed by atoms with van der Waals surface area (Å²) in [7, 11) is 2.88. The molecule has 0 spiro atoms. The van der Waals surface area contributed by atoms with Gasteiger partial charge in [0.1, 0.15) is 18.0 Å². The van der Waals surface area contributed by atoms with Crippen LogP contribution in [0.3, 0.4) is 0 Å². The summed E-state index contributed by atoms with van der Waals surface area (Å²) < 4.78 is 9.96. The number of hydrogen-bond acceptors (Lipinski definition) is 5. The fraction of sp³-hybridized carbons (Fsp3) is 0.227. The molecule has 2 aromatic rings. The molecule has 1 aliphatic rings. The van der Waals surface area contributed by atoms with Crippen molar-refractivity contribution < 1.29 is 19.1 Å². The Labute approximate surface area is 175 Å². The summed E-state index contributed by atoms with van der Waals surface area (Å²) in [6.45, 7) is 1.93. The molecule has 7 heteroatoms. The van der Waals surface area contributed by atoms with Crippen molar-refractivity contribution in [2.45, 2.75) is 13.3 Å². The number of benzene rings is 2. The molecule has 0 atom stereocenters. The van der Waals surface area contributed by atoms with Crippen molar-refractivity contribution in [3.05, 3.63) is 65.4 Å². The number of amides is 1. The van der Waals surface area contributed by atoms with Crippen molar-refractivity contribution >= 4 is 41.0 Å². The van der Waals surface area contributed by atoms with Crippen LogP contribution >= 0.6 is 12.2 Å². The minimum atomic E-state index is -0.482. The maximum atomic E-state index is 13.2. The first-order chi connectivity index (χ1) is 14.0. The van der Waals surface area contributed by atoms with Crippen molar-refractivity contribution in [3.8, 4) is 5.75 Å². The highest BCUT2D eigenvalue weighted by Crippen LogP contribution is 2.30. The standard InChI is InChI=1S/C22H22N2O4S/c1-4-15-5-7-16(8-6-15)13-19-21(26)24(17-9-11-18(27-2)12-10-17)22(29)23(19)14-20(25)28-3/h5-13H,4,14H2,1-3H3/b19-13-. The third kappa shape index (κ3) is 4.30. The zero-order valence-electron chi connectivity index (χ0n) is 16.5. The first kappa shape index (κ1) is 20.5. The van der Waals surface area contributed by atoms with Crippen LogP contribution in [-0.4, -0.2) is 42.7 Å². The maximum absolute atomic E-state index is 13.2. The first-order valence-electron chi connectivity index (χ1n) is 9.16. The molecule has 0 aliphatic carbocycles. The quantitative estimate of drug-likeness (QED) is 0.413. The van der Waals surface area contributed by atoms with Crippen LogP contribution in [-0.2, 0) is 20.7 Å². The number of methoxy groups -OCH3 is 2. The van der Waals surface area contributed by atoms with E-state index in [1.807, 2.05) is 24.3 Å². The molecule has 29 heavy (non-hydrogen) atoms. The van der Waals surface area contributed by atoms with Crippen molar-refractivity contribution in [1.82, 2.24) is 4.90 Å². The zero-order chi connectivity index (χ0) is 21.0. The van der Waals surface area contributed by atoms with E-state index in [1.165, 1.54) is 22.5 Å². The molecule has 150 valence electrons. The van der Waals surface area contributed by atoms with Crippen LogP contribution in [0.25, 0.3) is 6.08 Å². The number of aryl methyl sites for hydroxylation is 1. The first-order valence-corrected chi connectivity index (χ1v) is 9.56. The second kappa shape index (κ2) is 8.87. The van der Waals surface area contributed by atoms with Gasteiger partial charge >= 0.3 is 5.97 Å². The van der Waals surface area contributed by atoms with Gasteiger partial charge < -0.3 is 14.4 Å². The smallest absolute Gasteiger partial charge is 0.325 e. The molecule has 0 unspecified atom stereocenters. The second-order valence-electron chi connectivity index (χ2n) is 6.41. The SMILES string of the molecule is CCc1ccc(/C=C2/C(=O)N(c3ccc(OC)cc3)C(=S)N2CC(=O)OC)cc1. The fourth-order valence-electron chi connectivity index (χ4n) is 2.99. The Hall–Kier alpha value is -3.19. The molecule has 1 aliphatic heterocycles.